The number of nitrogens with zero attached hydrogens (tertiary/aromatic N) is 3. The van der Waals surface area contributed by atoms with Gasteiger partial charge in [-0.05, 0) is 43.9 Å². The van der Waals surface area contributed by atoms with Gasteiger partial charge >= 0.3 is 0 Å². The number of ketones is 1. The number of hydrogen-bond donors (Lipinski definition) is 1. The van der Waals surface area contributed by atoms with Crippen LogP contribution in [0.3, 0.4) is 0 Å². The lowest BCUT2D eigenvalue weighted by atomic mass is 9.95. The van der Waals surface area contributed by atoms with Gasteiger partial charge in [-0.2, -0.15) is 0 Å². The van der Waals surface area contributed by atoms with Crippen LogP contribution in [0, 0.1) is 10.1 Å². The van der Waals surface area contributed by atoms with E-state index in [1.165, 1.54) is 41.5 Å². The molecule has 2 heterocycles. The van der Waals surface area contributed by atoms with Gasteiger partial charge in [0.1, 0.15) is 5.76 Å². The smallest absolute Gasteiger partial charge is 0.290 e. The summed E-state index contributed by atoms with van der Waals surface area (Å²) in [5, 5.41) is 21.7. The number of nitro benzene ring substituents is 1. The van der Waals surface area contributed by atoms with Crippen LogP contribution >= 0.6 is 0 Å². The molecule has 9 nitrogen and oxygen atoms in total. The van der Waals surface area contributed by atoms with Crippen LogP contribution in [0.25, 0.3) is 6.08 Å². The van der Waals surface area contributed by atoms with E-state index in [2.05, 4.69) is 0 Å². The predicted molar refractivity (Wildman–Crippen MR) is 109 cm³/mol. The number of non-ortho nitro benzene ring substituents is 1. The van der Waals surface area contributed by atoms with Crippen molar-refractivity contribution in [1.82, 2.24) is 9.80 Å². The van der Waals surface area contributed by atoms with Crippen molar-refractivity contribution < 1.29 is 24.0 Å². The number of aliphatic hydroxyl groups excluding tert-OH is 1. The van der Waals surface area contributed by atoms with E-state index in [9.17, 15) is 24.8 Å². The number of allylic oxidation sites excluding steroid dienone is 1. The van der Waals surface area contributed by atoms with Crippen molar-refractivity contribution in [2.45, 2.75) is 6.04 Å². The summed E-state index contributed by atoms with van der Waals surface area (Å²) in [5.41, 5.74) is 0.0778. The second-order valence-electron chi connectivity index (χ2n) is 7.03. The number of nitro groups is 1. The SMILES string of the molecule is CN(C)CCN1C(=O)C(O)=C(C(=O)/C=C/c2ccco2)C1c1cccc([N+](=O)[O-])c1. The molecule has 0 radical (unpaired) electrons. The van der Waals surface area contributed by atoms with E-state index in [-0.39, 0.29) is 17.8 Å². The van der Waals surface area contributed by atoms with Crippen molar-refractivity contribution >= 4 is 23.5 Å². The minimum Gasteiger partial charge on any atom is -0.503 e. The van der Waals surface area contributed by atoms with Crippen LogP contribution in [0.2, 0.25) is 0 Å². The molecule has 0 saturated heterocycles. The van der Waals surface area contributed by atoms with E-state index in [0.717, 1.165) is 0 Å². The minimum atomic E-state index is -0.939. The fraction of sp³-hybridized carbons (Fsp3) is 0.238. The summed E-state index contributed by atoms with van der Waals surface area (Å²) in [4.78, 5) is 39.5. The summed E-state index contributed by atoms with van der Waals surface area (Å²) in [6.45, 7) is 0.704. The Bertz CT molecular complexity index is 1020. The second-order valence-corrected chi connectivity index (χ2v) is 7.03. The Morgan fingerprint density at radius 1 is 1.33 bits per heavy atom. The number of rotatable bonds is 8. The third-order valence-electron chi connectivity index (χ3n) is 4.70. The summed E-state index contributed by atoms with van der Waals surface area (Å²) in [5.74, 6) is -1.49. The molecule has 0 aliphatic carbocycles. The molecule has 1 aromatic heterocycles. The van der Waals surface area contributed by atoms with E-state index >= 15 is 0 Å². The molecule has 1 aliphatic heterocycles. The highest BCUT2D eigenvalue weighted by atomic mass is 16.6. The van der Waals surface area contributed by atoms with Gasteiger partial charge in [-0.1, -0.05) is 12.1 Å². The molecule has 1 aromatic carbocycles. The van der Waals surface area contributed by atoms with E-state index in [4.69, 9.17) is 4.42 Å². The number of furan rings is 1. The fourth-order valence-electron chi connectivity index (χ4n) is 3.23. The fourth-order valence-corrected chi connectivity index (χ4v) is 3.23. The third kappa shape index (κ3) is 4.31. The van der Waals surface area contributed by atoms with Gasteiger partial charge < -0.3 is 19.3 Å². The summed E-state index contributed by atoms with van der Waals surface area (Å²) < 4.78 is 5.16. The quantitative estimate of drug-likeness (QED) is 0.403. The minimum absolute atomic E-state index is 0.123. The molecule has 3 rings (SSSR count). The van der Waals surface area contributed by atoms with Gasteiger partial charge in [0.2, 0.25) is 0 Å². The van der Waals surface area contributed by atoms with Crippen molar-refractivity contribution in [2.75, 3.05) is 27.2 Å². The van der Waals surface area contributed by atoms with Crippen LogP contribution in [0.5, 0.6) is 0 Å². The molecule has 1 amide bonds. The molecule has 0 spiro atoms. The van der Waals surface area contributed by atoms with Gasteiger partial charge in [0.05, 0.1) is 22.8 Å². The monoisotopic (exact) mass is 411 g/mol. The van der Waals surface area contributed by atoms with Crippen LogP contribution in [-0.2, 0) is 9.59 Å². The van der Waals surface area contributed by atoms with Crippen LogP contribution in [0.4, 0.5) is 5.69 Å². The molecule has 0 bridgehead atoms. The molecule has 9 heteroatoms. The van der Waals surface area contributed by atoms with Gasteiger partial charge in [-0.15, -0.1) is 0 Å². The number of likely N-dealkylation sites (N-methyl/N-ethyl adjacent to an activating group) is 1. The van der Waals surface area contributed by atoms with Gasteiger partial charge in [0, 0.05) is 25.2 Å². The van der Waals surface area contributed by atoms with Crippen LogP contribution < -0.4 is 0 Å². The topological polar surface area (TPSA) is 117 Å². The molecule has 1 N–H and O–H groups in total. The molecule has 1 unspecified atom stereocenters. The normalized spacial score (nSPS) is 16.8. The van der Waals surface area contributed by atoms with E-state index in [1.54, 1.807) is 18.2 Å². The largest absolute Gasteiger partial charge is 0.503 e. The standard InChI is InChI=1S/C21H21N3O6/c1-22(2)10-11-23-19(14-5-3-6-15(13-14)24(28)29)18(20(26)21(23)27)17(25)9-8-16-7-4-12-30-16/h3-9,12-13,19,26H,10-11H2,1-2H3/b9-8+. The van der Waals surface area contributed by atoms with Crippen molar-refractivity contribution in [3.63, 3.8) is 0 Å². The zero-order valence-electron chi connectivity index (χ0n) is 16.5. The average Bonchev–Trinajstić information content (AvgIpc) is 3.32. The van der Waals surface area contributed by atoms with Crippen LogP contribution in [0.15, 0.2) is 64.5 Å². The number of aliphatic hydroxyl groups is 1. The molecule has 0 saturated carbocycles. The Hall–Kier alpha value is -3.72. The Labute approximate surface area is 172 Å². The van der Waals surface area contributed by atoms with Crippen molar-refractivity contribution in [3.05, 3.63) is 81.5 Å². The third-order valence-corrected chi connectivity index (χ3v) is 4.70. The lowest BCUT2D eigenvalue weighted by Crippen LogP contribution is -2.36. The zero-order chi connectivity index (χ0) is 21.8. The van der Waals surface area contributed by atoms with Crippen molar-refractivity contribution in [3.8, 4) is 0 Å². The maximum Gasteiger partial charge on any atom is 0.290 e. The maximum absolute atomic E-state index is 12.9. The van der Waals surface area contributed by atoms with E-state index in [1.807, 2.05) is 19.0 Å². The molecule has 2 aromatic rings. The average molecular weight is 411 g/mol. The van der Waals surface area contributed by atoms with Gasteiger partial charge in [0.25, 0.3) is 11.6 Å². The number of benzene rings is 1. The van der Waals surface area contributed by atoms with E-state index < -0.39 is 28.4 Å². The Kier molecular flexibility index (Phi) is 6.12. The zero-order valence-corrected chi connectivity index (χ0v) is 16.5. The number of amides is 1. The first-order valence-electron chi connectivity index (χ1n) is 9.18. The summed E-state index contributed by atoms with van der Waals surface area (Å²) >= 11 is 0. The molecular formula is C21H21N3O6. The lowest BCUT2D eigenvalue weighted by molar-refractivity contribution is -0.384. The molecule has 156 valence electrons. The lowest BCUT2D eigenvalue weighted by Gasteiger charge is -2.27. The highest BCUT2D eigenvalue weighted by Gasteiger charge is 2.43. The molecule has 30 heavy (non-hydrogen) atoms. The first kappa shape index (κ1) is 21.0. The van der Waals surface area contributed by atoms with Crippen LogP contribution in [-0.4, -0.2) is 58.7 Å². The molecule has 1 aliphatic rings. The summed E-state index contributed by atoms with van der Waals surface area (Å²) in [6, 6.07) is 8.09. The number of carbonyl (C=O) groups is 2. The molecule has 1 atom stereocenters. The first-order valence-corrected chi connectivity index (χ1v) is 9.18. The predicted octanol–water partition coefficient (Wildman–Crippen LogP) is 2.73. The molecule has 0 fully saturated rings. The van der Waals surface area contributed by atoms with Crippen LogP contribution in [0.1, 0.15) is 17.4 Å². The Morgan fingerprint density at radius 3 is 2.73 bits per heavy atom. The van der Waals surface area contributed by atoms with Crippen molar-refractivity contribution in [1.29, 1.82) is 0 Å². The van der Waals surface area contributed by atoms with Gasteiger partial charge in [-0.3, -0.25) is 19.7 Å². The van der Waals surface area contributed by atoms with E-state index in [0.29, 0.717) is 17.9 Å². The Morgan fingerprint density at radius 2 is 2.10 bits per heavy atom. The highest BCUT2D eigenvalue weighted by molar-refractivity contribution is 6.14. The number of carbonyl (C=O) groups excluding carboxylic acids is 2. The van der Waals surface area contributed by atoms with Crippen molar-refractivity contribution in [2.24, 2.45) is 0 Å². The summed E-state index contributed by atoms with van der Waals surface area (Å²) in [7, 11) is 3.66. The first-order chi connectivity index (χ1) is 14.3. The Balaban J connectivity index is 2.02. The highest BCUT2D eigenvalue weighted by Crippen LogP contribution is 2.38. The maximum atomic E-state index is 12.9. The van der Waals surface area contributed by atoms with Gasteiger partial charge in [-0.25, -0.2) is 0 Å². The number of hydrogen-bond acceptors (Lipinski definition) is 7. The molecular weight excluding hydrogens is 390 g/mol. The second kappa shape index (κ2) is 8.75. The summed E-state index contributed by atoms with van der Waals surface area (Å²) in [6.07, 6.45) is 4.09. The van der Waals surface area contributed by atoms with Gasteiger partial charge in [0.15, 0.2) is 11.5 Å².